The van der Waals surface area contributed by atoms with E-state index in [0.29, 0.717) is 12.1 Å². The molecule has 0 aromatic heterocycles. The number of rotatable bonds is 7. The van der Waals surface area contributed by atoms with Gasteiger partial charge in [0.15, 0.2) is 5.75 Å². The largest absolute Gasteiger partial charge is 0.506 e. The van der Waals surface area contributed by atoms with E-state index in [4.69, 9.17) is 4.74 Å². The molecule has 0 fully saturated rings. The molecule has 7 nitrogen and oxygen atoms in total. The smallest absolute Gasteiger partial charge is 0.310 e. The second kappa shape index (κ2) is 7.96. The summed E-state index contributed by atoms with van der Waals surface area (Å²) in [6, 6.07) is 11.0. The maximum absolute atomic E-state index is 11.9. The molecule has 0 aliphatic heterocycles. The van der Waals surface area contributed by atoms with Gasteiger partial charge in [0.05, 0.1) is 17.2 Å². The highest BCUT2D eigenvalue weighted by Gasteiger charge is 2.13. The van der Waals surface area contributed by atoms with Crippen molar-refractivity contribution >= 4 is 17.3 Å². The third-order valence-corrected chi connectivity index (χ3v) is 3.29. The molecule has 7 heteroatoms. The number of phenolic OH excluding ortho intramolecular Hbond substituents is 1. The molecule has 0 saturated carbocycles. The Labute approximate surface area is 139 Å². The summed E-state index contributed by atoms with van der Waals surface area (Å²) in [7, 11) is 0. The van der Waals surface area contributed by atoms with Crippen LogP contribution in [0.4, 0.5) is 11.4 Å². The van der Waals surface area contributed by atoms with E-state index in [2.05, 4.69) is 5.32 Å². The number of nitrogens with one attached hydrogen (secondary N) is 1. The van der Waals surface area contributed by atoms with Gasteiger partial charge in [-0.2, -0.15) is 0 Å². The number of para-hydroxylation sites is 2. The van der Waals surface area contributed by atoms with E-state index in [1.165, 1.54) is 18.2 Å². The predicted molar refractivity (Wildman–Crippen MR) is 89.3 cm³/mol. The van der Waals surface area contributed by atoms with E-state index in [9.17, 15) is 20.0 Å². The lowest BCUT2D eigenvalue weighted by molar-refractivity contribution is -0.385. The SMILES string of the molecule is Cc1ccc(O)c(NC(=O)CCCOc2ccccc2[N+](=O)[O-])c1. The van der Waals surface area contributed by atoms with E-state index in [1.54, 1.807) is 24.3 Å². The molecule has 24 heavy (non-hydrogen) atoms. The lowest BCUT2D eigenvalue weighted by Crippen LogP contribution is -2.13. The number of benzene rings is 2. The van der Waals surface area contributed by atoms with Crippen LogP contribution in [-0.2, 0) is 4.79 Å². The number of carbonyl (C=O) groups is 1. The first kappa shape index (κ1) is 17.3. The molecule has 0 aliphatic carbocycles. The van der Waals surface area contributed by atoms with Crippen molar-refractivity contribution < 1.29 is 19.6 Å². The summed E-state index contributed by atoms with van der Waals surface area (Å²) in [6.45, 7) is 2.04. The summed E-state index contributed by atoms with van der Waals surface area (Å²) in [5.41, 5.74) is 1.18. The van der Waals surface area contributed by atoms with Gasteiger partial charge in [0.2, 0.25) is 5.91 Å². The maximum Gasteiger partial charge on any atom is 0.310 e. The van der Waals surface area contributed by atoms with E-state index in [0.717, 1.165) is 5.56 Å². The van der Waals surface area contributed by atoms with Crippen LogP contribution in [0.5, 0.6) is 11.5 Å². The van der Waals surface area contributed by atoms with Crippen molar-refractivity contribution in [2.45, 2.75) is 19.8 Å². The number of ether oxygens (including phenoxy) is 1. The average molecular weight is 330 g/mol. The molecule has 2 N–H and O–H groups in total. The van der Waals surface area contributed by atoms with E-state index in [1.807, 2.05) is 6.92 Å². The number of hydrogen-bond donors (Lipinski definition) is 2. The van der Waals surface area contributed by atoms with Crippen LogP contribution in [0, 0.1) is 17.0 Å². The molecule has 1 amide bonds. The molecule has 0 saturated heterocycles. The Bertz CT molecular complexity index is 746. The lowest BCUT2D eigenvalue weighted by Gasteiger charge is -2.09. The average Bonchev–Trinajstić information content (AvgIpc) is 2.55. The van der Waals surface area contributed by atoms with Gasteiger partial charge in [0.1, 0.15) is 5.75 Å². The van der Waals surface area contributed by atoms with Crippen LogP contribution in [0.15, 0.2) is 42.5 Å². The number of aromatic hydroxyl groups is 1. The first-order chi connectivity index (χ1) is 11.5. The summed E-state index contributed by atoms with van der Waals surface area (Å²) >= 11 is 0. The zero-order chi connectivity index (χ0) is 17.5. The van der Waals surface area contributed by atoms with Crippen molar-refractivity contribution in [2.75, 3.05) is 11.9 Å². The van der Waals surface area contributed by atoms with Crippen molar-refractivity contribution in [1.82, 2.24) is 0 Å². The van der Waals surface area contributed by atoms with Crippen molar-refractivity contribution in [3.05, 3.63) is 58.1 Å². The molecule has 0 atom stereocenters. The number of nitrogens with zero attached hydrogens (tertiary/aromatic N) is 1. The minimum Gasteiger partial charge on any atom is -0.506 e. The van der Waals surface area contributed by atoms with Crippen LogP contribution >= 0.6 is 0 Å². The molecule has 2 aromatic carbocycles. The third-order valence-electron chi connectivity index (χ3n) is 3.29. The fourth-order valence-corrected chi connectivity index (χ4v) is 2.11. The highest BCUT2D eigenvalue weighted by atomic mass is 16.6. The number of nitro benzene ring substituents is 1. The molecular formula is C17H18N2O5. The van der Waals surface area contributed by atoms with Gasteiger partial charge in [-0.1, -0.05) is 18.2 Å². The van der Waals surface area contributed by atoms with Gasteiger partial charge in [0.25, 0.3) is 0 Å². The molecule has 0 heterocycles. The molecular weight excluding hydrogens is 312 g/mol. The summed E-state index contributed by atoms with van der Waals surface area (Å²) in [5, 5.41) is 23.2. The van der Waals surface area contributed by atoms with Gasteiger partial charge in [-0.05, 0) is 37.1 Å². The van der Waals surface area contributed by atoms with Crippen LogP contribution in [0.1, 0.15) is 18.4 Å². The summed E-state index contributed by atoms with van der Waals surface area (Å²) in [6.07, 6.45) is 0.568. The summed E-state index contributed by atoms with van der Waals surface area (Å²) in [4.78, 5) is 22.2. The van der Waals surface area contributed by atoms with Gasteiger partial charge in [0, 0.05) is 12.5 Å². The molecule has 2 aromatic rings. The second-order valence-corrected chi connectivity index (χ2v) is 5.25. The number of nitro groups is 1. The molecule has 0 aliphatic rings. The second-order valence-electron chi connectivity index (χ2n) is 5.25. The van der Waals surface area contributed by atoms with Gasteiger partial charge in [-0.15, -0.1) is 0 Å². The van der Waals surface area contributed by atoms with Crippen molar-refractivity contribution in [3.8, 4) is 11.5 Å². The zero-order valence-corrected chi connectivity index (χ0v) is 13.2. The molecule has 126 valence electrons. The topological polar surface area (TPSA) is 102 Å². The molecule has 2 rings (SSSR count). The number of anilines is 1. The van der Waals surface area contributed by atoms with Crippen LogP contribution in [0.3, 0.4) is 0 Å². The monoisotopic (exact) mass is 330 g/mol. The van der Waals surface area contributed by atoms with Gasteiger partial charge >= 0.3 is 5.69 Å². The minimum atomic E-state index is -0.511. The van der Waals surface area contributed by atoms with E-state index < -0.39 is 4.92 Å². The Hall–Kier alpha value is -3.09. The Morgan fingerprint density at radius 2 is 2.04 bits per heavy atom. The summed E-state index contributed by atoms with van der Waals surface area (Å²) in [5.74, 6) is -0.0774. The van der Waals surface area contributed by atoms with Crippen LogP contribution in [-0.4, -0.2) is 22.5 Å². The fraction of sp³-hybridized carbons (Fsp3) is 0.235. The minimum absolute atomic E-state index is 0.00473. The van der Waals surface area contributed by atoms with Crippen molar-refractivity contribution in [2.24, 2.45) is 0 Å². The Morgan fingerprint density at radius 3 is 2.79 bits per heavy atom. The molecule has 0 radical (unpaired) electrons. The third kappa shape index (κ3) is 4.70. The van der Waals surface area contributed by atoms with E-state index in [-0.39, 0.29) is 36.1 Å². The predicted octanol–water partition coefficient (Wildman–Crippen LogP) is 3.41. The van der Waals surface area contributed by atoms with Gasteiger partial charge < -0.3 is 15.2 Å². The quantitative estimate of drug-likeness (QED) is 0.350. The standard InChI is InChI=1S/C17H18N2O5/c1-12-8-9-15(20)13(11-12)18-17(21)7-4-10-24-16-6-3-2-5-14(16)19(22)23/h2-3,5-6,8-9,11,20H,4,7,10H2,1H3,(H,18,21). The number of aryl methyl sites for hydroxylation is 1. The van der Waals surface area contributed by atoms with Gasteiger partial charge in [-0.25, -0.2) is 0 Å². The molecule has 0 unspecified atom stereocenters. The van der Waals surface area contributed by atoms with Crippen LogP contribution in [0.2, 0.25) is 0 Å². The number of carbonyl (C=O) groups excluding carboxylic acids is 1. The van der Waals surface area contributed by atoms with E-state index >= 15 is 0 Å². The first-order valence-electron chi connectivity index (χ1n) is 7.43. The number of hydrogen-bond acceptors (Lipinski definition) is 5. The van der Waals surface area contributed by atoms with Gasteiger partial charge in [-0.3, -0.25) is 14.9 Å². The maximum atomic E-state index is 11.9. The molecule has 0 bridgehead atoms. The highest BCUT2D eigenvalue weighted by Crippen LogP contribution is 2.26. The van der Waals surface area contributed by atoms with Crippen LogP contribution in [0.25, 0.3) is 0 Å². The Kier molecular flexibility index (Phi) is 5.73. The Balaban J connectivity index is 1.81. The Morgan fingerprint density at radius 1 is 1.29 bits per heavy atom. The normalized spacial score (nSPS) is 10.2. The van der Waals surface area contributed by atoms with Crippen molar-refractivity contribution in [3.63, 3.8) is 0 Å². The first-order valence-corrected chi connectivity index (χ1v) is 7.43. The van der Waals surface area contributed by atoms with Crippen molar-refractivity contribution in [1.29, 1.82) is 0 Å². The fourth-order valence-electron chi connectivity index (χ4n) is 2.11. The number of amides is 1. The zero-order valence-electron chi connectivity index (χ0n) is 13.2. The van der Waals surface area contributed by atoms with Crippen LogP contribution < -0.4 is 10.1 Å². The molecule has 0 spiro atoms. The lowest BCUT2D eigenvalue weighted by atomic mass is 10.2. The number of phenols is 1. The summed E-state index contributed by atoms with van der Waals surface area (Å²) < 4.78 is 5.37. The highest BCUT2D eigenvalue weighted by molar-refractivity contribution is 5.92.